The molecule has 0 aliphatic rings. The summed E-state index contributed by atoms with van der Waals surface area (Å²) in [5.41, 5.74) is 1.96. The van der Waals surface area contributed by atoms with E-state index in [-0.39, 0.29) is 0 Å². The third-order valence-corrected chi connectivity index (χ3v) is 2.20. The fourth-order valence-electron chi connectivity index (χ4n) is 1.33. The van der Waals surface area contributed by atoms with Crippen molar-refractivity contribution < 1.29 is 0 Å². The molecule has 0 amide bonds. The monoisotopic (exact) mass is 245 g/mol. The molecule has 0 unspecified atom stereocenters. The summed E-state index contributed by atoms with van der Waals surface area (Å²) in [4.78, 5) is 4.32. The van der Waals surface area contributed by atoms with Crippen molar-refractivity contribution in [3.8, 4) is 11.8 Å². The molecule has 0 spiro atoms. The predicted molar refractivity (Wildman–Crippen MR) is 62.4 cm³/mol. The lowest BCUT2D eigenvalue weighted by Gasteiger charge is -1.97. The van der Waals surface area contributed by atoms with Crippen LogP contribution in [-0.2, 0) is 0 Å². The van der Waals surface area contributed by atoms with Crippen molar-refractivity contribution in [2.75, 3.05) is 5.33 Å². The normalized spacial score (nSPS) is 9.50. The van der Waals surface area contributed by atoms with Crippen LogP contribution in [0.4, 0.5) is 0 Å². The average molecular weight is 246 g/mol. The van der Waals surface area contributed by atoms with Gasteiger partial charge in [-0.15, -0.1) is 0 Å². The van der Waals surface area contributed by atoms with E-state index in [1.54, 1.807) is 6.20 Å². The van der Waals surface area contributed by atoms with E-state index in [1.165, 1.54) is 0 Å². The van der Waals surface area contributed by atoms with Crippen molar-refractivity contribution in [3.63, 3.8) is 0 Å². The first-order valence-electron chi connectivity index (χ1n) is 4.30. The van der Waals surface area contributed by atoms with Gasteiger partial charge in [-0.2, -0.15) is 0 Å². The molecule has 1 nitrogen and oxygen atoms in total. The fourth-order valence-corrected chi connectivity index (χ4v) is 1.47. The van der Waals surface area contributed by atoms with E-state index in [0.717, 1.165) is 16.5 Å². The van der Waals surface area contributed by atoms with Crippen LogP contribution in [0.2, 0.25) is 0 Å². The predicted octanol–water partition coefficient (Wildman–Crippen LogP) is 2.98. The van der Waals surface area contributed by atoms with Crippen LogP contribution in [0.25, 0.3) is 10.9 Å². The average Bonchev–Trinajstić information content (AvgIpc) is 2.26. The fraction of sp³-hybridized carbons (Fsp3) is 0.0833. The Bertz CT molecular complexity index is 503. The highest BCUT2D eigenvalue weighted by Crippen LogP contribution is 2.14. The molecular weight excluding hydrogens is 238 g/mol. The molecule has 0 N–H and O–H groups in total. The summed E-state index contributed by atoms with van der Waals surface area (Å²) in [5, 5.41) is 1.82. The Kier molecular flexibility index (Phi) is 2.81. The number of hydrogen-bond acceptors (Lipinski definition) is 1. The molecule has 14 heavy (non-hydrogen) atoms. The van der Waals surface area contributed by atoms with Crippen LogP contribution >= 0.6 is 15.9 Å². The van der Waals surface area contributed by atoms with Gasteiger partial charge in [0.25, 0.3) is 0 Å². The van der Waals surface area contributed by atoms with E-state index < -0.39 is 0 Å². The molecule has 1 aromatic carbocycles. The zero-order valence-corrected chi connectivity index (χ0v) is 9.08. The molecule has 2 aromatic rings. The van der Waals surface area contributed by atoms with Gasteiger partial charge in [-0.1, -0.05) is 46.0 Å². The number of halogens is 1. The molecule has 1 aromatic heterocycles. The molecule has 0 saturated carbocycles. The number of nitrogens with zero attached hydrogens (tertiary/aromatic N) is 1. The smallest absolute Gasteiger partial charge is 0.0858 e. The Morgan fingerprint density at radius 2 is 2.07 bits per heavy atom. The minimum atomic E-state index is 0.691. The van der Waals surface area contributed by atoms with Gasteiger partial charge < -0.3 is 0 Å². The Morgan fingerprint density at radius 3 is 2.93 bits per heavy atom. The van der Waals surface area contributed by atoms with E-state index in [9.17, 15) is 0 Å². The third kappa shape index (κ3) is 1.78. The number of rotatable bonds is 0. The number of hydrogen-bond donors (Lipinski definition) is 0. The maximum atomic E-state index is 4.32. The number of aromatic nitrogens is 1. The first-order chi connectivity index (χ1) is 6.92. The first-order valence-corrected chi connectivity index (χ1v) is 5.42. The van der Waals surface area contributed by atoms with Crippen LogP contribution in [0.15, 0.2) is 36.5 Å². The molecule has 0 fully saturated rings. The Hall–Kier alpha value is -1.33. The molecule has 2 heteroatoms. The molecule has 68 valence electrons. The second kappa shape index (κ2) is 4.26. The Balaban J connectivity index is 2.65. The highest BCUT2D eigenvalue weighted by Gasteiger charge is 1.96. The highest BCUT2D eigenvalue weighted by atomic mass is 79.9. The Morgan fingerprint density at radius 1 is 1.21 bits per heavy atom. The van der Waals surface area contributed by atoms with Gasteiger partial charge in [0.1, 0.15) is 0 Å². The topological polar surface area (TPSA) is 12.9 Å². The van der Waals surface area contributed by atoms with E-state index in [4.69, 9.17) is 0 Å². The number of fused-ring (bicyclic) bond motifs is 1. The highest BCUT2D eigenvalue weighted by molar-refractivity contribution is 9.09. The third-order valence-electron chi connectivity index (χ3n) is 1.92. The van der Waals surface area contributed by atoms with Crippen LogP contribution in [-0.4, -0.2) is 10.3 Å². The van der Waals surface area contributed by atoms with Crippen molar-refractivity contribution in [2.24, 2.45) is 0 Å². The summed E-state index contributed by atoms with van der Waals surface area (Å²) < 4.78 is 0. The summed E-state index contributed by atoms with van der Waals surface area (Å²) in [7, 11) is 0. The minimum absolute atomic E-state index is 0.691. The molecule has 0 aliphatic heterocycles. The number of pyridine rings is 1. The van der Waals surface area contributed by atoms with Gasteiger partial charge in [0.05, 0.1) is 16.4 Å². The van der Waals surface area contributed by atoms with Gasteiger partial charge in [-0.3, -0.25) is 4.98 Å². The van der Waals surface area contributed by atoms with Crippen LogP contribution in [0.5, 0.6) is 0 Å². The first kappa shape index (κ1) is 9.23. The molecular formula is C12H8BrN. The standard InChI is InChI=1S/C12H8BrN/c13-8-2-6-10-4-1-5-11-7-3-9-14-12(10)11/h1,3-5,7,9H,8H2. The van der Waals surface area contributed by atoms with Crippen LogP contribution in [0.3, 0.4) is 0 Å². The Labute approximate surface area is 91.3 Å². The van der Waals surface area contributed by atoms with E-state index in [0.29, 0.717) is 5.33 Å². The number of para-hydroxylation sites is 1. The zero-order chi connectivity index (χ0) is 9.80. The van der Waals surface area contributed by atoms with E-state index in [2.05, 4.69) is 32.8 Å². The van der Waals surface area contributed by atoms with Gasteiger partial charge in [0.15, 0.2) is 0 Å². The molecule has 1 heterocycles. The molecule has 0 saturated heterocycles. The van der Waals surface area contributed by atoms with Gasteiger partial charge in [-0.05, 0) is 12.1 Å². The van der Waals surface area contributed by atoms with Crippen LogP contribution in [0, 0.1) is 11.8 Å². The van der Waals surface area contributed by atoms with E-state index >= 15 is 0 Å². The van der Waals surface area contributed by atoms with Gasteiger partial charge >= 0.3 is 0 Å². The second-order valence-corrected chi connectivity index (χ2v) is 3.38. The number of alkyl halides is 1. The van der Waals surface area contributed by atoms with E-state index in [1.807, 2.05) is 30.3 Å². The lowest BCUT2D eigenvalue weighted by Crippen LogP contribution is -1.82. The second-order valence-electron chi connectivity index (χ2n) is 2.82. The molecule has 0 aliphatic carbocycles. The van der Waals surface area contributed by atoms with Crippen molar-refractivity contribution in [3.05, 3.63) is 42.1 Å². The van der Waals surface area contributed by atoms with Crippen molar-refractivity contribution in [2.45, 2.75) is 0 Å². The lowest BCUT2D eigenvalue weighted by molar-refractivity contribution is 1.40. The minimum Gasteiger partial charge on any atom is -0.255 e. The van der Waals surface area contributed by atoms with Gasteiger partial charge in [0.2, 0.25) is 0 Å². The largest absolute Gasteiger partial charge is 0.255 e. The maximum Gasteiger partial charge on any atom is 0.0858 e. The summed E-state index contributed by atoms with van der Waals surface area (Å²) in [6, 6.07) is 10.0. The van der Waals surface area contributed by atoms with Crippen LogP contribution in [0.1, 0.15) is 5.56 Å². The number of benzene rings is 1. The summed E-state index contributed by atoms with van der Waals surface area (Å²) in [6.07, 6.45) is 1.79. The zero-order valence-electron chi connectivity index (χ0n) is 7.50. The molecule has 0 radical (unpaired) electrons. The maximum absolute atomic E-state index is 4.32. The quantitative estimate of drug-likeness (QED) is 0.514. The summed E-state index contributed by atoms with van der Waals surface area (Å²) in [6.45, 7) is 0. The van der Waals surface area contributed by atoms with Crippen molar-refractivity contribution in [1.82, 2.24) is 4.98 Å². The van der Waals surface area contributed by atoms with Crippen LogP contribution < -0.4 is 0 Å². The lowest BCUT2D eigenvalue weighted by atomic mass is 10.1. The summed E-state index contributed by atoms with van der Waals surface area (Å²) >= 11 is 3.28. The van der Waals surface area contributed by atoms with Crippen molar-refractivity contribution in [1.29, 1.82) is 0 Å². The molecule has 0 atom stereocenters. The van der Waals surface area contributed by atoms with Crippen molar-refractivity contribution >= 4 is 26.8 Å². The summed E-state index contributed by atoms with van der Waals surface area (Å²) in [5.74, 6) is 6.06. The van der Waals surface area contributed by atoms with Gasteiger partial charge in [-0.25, -0.2) is 0 Å². The molecule has 2 rings (SSSR count). The SMILES string of the molecule is BrCC#Cc1cccc2cccnc12. The molecule has 0 bridgehead atoms. The van der Waals surface area contributed by atoms with Gasteiger partial charge in [0, 0.05) is 11.6 Å².